The molecule has 20 heavy (non-hydrogen) atoms. The third kappa shape index (κ3) is 4.31. The number of rotatable bonds is 7. The summed E-state index contributed by atoms with van der Waals surface area (Å²) in [6, 6.07) is 6.92. The molecule has 1 aromatic rings. The van der Waals surface area contributed by atoms with E-state index in [1.807, 2.05) is 6.92 Å². The highest BCUT2D eigenvalue weighted by molar-refractivity contribution is 5.76. The van der Waals surface area contributed by atoms with E-state index in [0.717, 1.165) is 18.4 Å². The van der Waals surface area contributed by atoms with E-state index in [9.17, 15) is 14.9 Å². The first-order chi connectivity index (χ1) is 9.56. The highest BCUT2D eigenvalue weighted by Gasteiger charge is 2.22. The molecule has 0 bridgehead atoms. The number of nitrogens with zero attached hydrogens (tertiary/aromatic N) is 1. The zero-order valence-corrected chi connectivity index (χ0v) is 11.5. The van der Waals surface area contributed by atoms with Crippen LogP contribution in [0.4, 0.5) is 5.69 Å². The third-order valence-electron chi connectivity index (χ3n) is 3.35. The van der Waals surface area contributed by atoms with E-state index in [0.29, 0.717) is 19.0 Å². The molecule has 1 atom stereocenters. The van der Waals surface area contributed by atoms with Gasteiger partial charge in [-0.3, -0.25) is 14.9 Å². The van der Waals surface area contributed by atoms with Gasteiger partial charge in [-0.1, -0.05) is 12.1 Å². The van der Waals surface area contributed by atoms with Crippen molar-refractivity contribution in [2.24, 2.45) is 0 Å². The summed E-state index contributed by atoms with van der Waals surface area (Å²) in [7, 11) is 0. The maximum absolute atomic E-state index is 11.5. The summed E-state index contributed by atoms with van der Waals surface area (Å²) in [5.74, 6) is 0.0795. The molecule has 0 radical (unpaired) electrons. The summed E-state index contributed by atoms with van der Waals surface area (Å²) in [4.78, 5) is 21.7. The van der Waals surface area contributed by atoms with Gasteiger partial charge in [0.2, 0.25) is 5.91 Å². The first kappa shape index (κ1) is 14.5. The lowest BCUT2D eigenvalue weighted by atomic mass is 10.1. The average molecular weight is 277 g/mol. The molecule has 0 spiro atoms. The van der Waals surface area contributed by atoms with E-state index >= 15 is 0 Å². The van der Waals surface area contributed by atoms with Crippen LogP contribution in [0.25, 0.3) is 0 Å². The van der Waals surface area contributed by atoms with E-state index < -0.39 is 4.92 Å². The Kier molecular flexibility index (Phi) is 4.68. The van der Waals surface area contributed by atoms with Crippen molar-refractivity contribution >= 4 is 11.6 Å². The van der Waals surface area contributed by atoms with Crippen LogP contribution < -0.4 is 10.6 Å². The molecule has 6 nitrogen and oxygen atoms in total. The molecule has 1 amide bonds. The summed E-state index contributed by atoms with van der Waals surface area (Å²) in [6.45, 7) is 2.57. The fraction of sp³-hybridized carbons (Fsp3) is 0.500. The summed E-state index contributed by atoms with van der Waals surface area (Å²) >= 11 is 0. The van der Waals surface area contributed by atoms with Crippen molar-refractivity contribution in [3.8, 4) is 0 Å². The molecule has 1 unspecified atom stereocenters. The number of hydrogen-bond donors (Lipinski definition) is 2. The van der Waals surface area contributed by atoms with Gasteiger partial charge in [-0.25, -0.2) is 0 Å². The molecule has 2 N–H and O–H groups in total. The van der Waals surface area contributed by atoms with E-state index in [1.165, 1.54) is 12.1 Å². The smallest absolute Gasteiger partial charge is 0.269 e. The normalized spacial score (nSPS) is 15.7. The van der Waals surface area contributed by atoms with Crippen molar-refractivity contribution in [2.75, 3.05) is 6.54 Å². The Morgan fingerprint density at radius 2 is 2.05 bits per heavy atom. The molecule has 1 aliphatic carbocycles. The van der Waals surface area contributed by atoms with Crippen LogP contribution in [0.15, 0.2) is 24.3 Å². The van der Waals surface area contributed by atoms with Gasteiger partial charge in [0, 0.05) is 37.2 Å². The van der Waals surface area contributed by atoms with Gasteiger partial charge in [0.15, 0.2) is 0 Å². The second kappa shape index (κ2) is 6.47. The number of carbonyl (C=O) groups is 1. The van der Waals surface area contributed by atoms with Crippen LogP contribution in [-0.2, 0) is 4.79 Å². The van der Waals surface area contributed by atoms with Crippen molar-refractivity contribution in [2.45, 2.75) is 38.3 Å². The van der Waals surface area contributed by atoms with E-state index in [1.54, 1.807) is 12.1 Å². The van der Waals surface area contributed by atoms with Crippen LogP contribution >= 0.6 is 0 Å². The lowest BCUT2D eigenvalue weighted by Crippen LogP contribution is -2.30. The van der Waals surface area contributed by atoms with Gasteiger partial charge in [0.05, 0.1) is 4.92 Å². The average Bonchev–Trinajstić information content (AvgIpc) is 3.22. The van der Waals surface area contributed by atoms with Crippen LogP contribution in [0.5, 0.6) is 0 Å². The molecule has 1 aliphatic rings. The van der Waals surface area contributed by atoms with Gasteiger partial charge in [-0.2, -0.15) is 0 Å². The number of hydrogen-bond acceptors (Lipinski definition) is 4. The Morgan fingerprint density at radius 3 is 2.60 bits per heavy atom. The molecule has 6 heteroatoms. The topological polar surface area (TPSA) is 84.3 Å². The van der Waals surface area contributed by atoms with E-state index in [4.69, 9.17) is 0 Å². The number of non-ortho nitro benzene ring substituents is 1. The number of nitro benzene ring substituents is 1. The minimum absolute atomic E-state index is 0.0597. The third-order valence-corrected chi connectivity index (χ3v) is 3.35. The van der Waals surface area contributed by atoms with E-state index in [2.05, 4.69) is 10.6 Å². The maximum atomic E-state index is 11.5. The summed E-state index contributed by atoms with van der Waals surface area (Å²) < 4.78 is 0. The van der Waals surface area contributed by atoms with Crippen LogP contribution in [0.2, 0.25) is 0 Å². The molecular weight excluding hydrogens is 258 g/mol. The molecule has 1 fully saturated rings. The Bertz CT molecular complexity index is 483. The van der Waals surface area contributed by atoms with Gasteiger partial charge in [0.1, 0.15) is 0 Å². The van der Waals surface area contributed by atoms with Gasteiger partial charge in [-0.15, -0.1) is 0 Å². The summed E-state index contributed by atoms with van der Waals surface area (Å²) in [5.41, 5.74) is 1.06. The molecule has 0 aromatic heterocycles. The van der Waals surface area contributed by atoms with E-state index in [-0.39, 0.29) is 17.6 Å². The van der Waals surface area contributed by atoms with Crippen LogP contribution in [-0.4, -0.2) is 23.4 Å². The minimum Gasteiger partial charge on any atom is -0.353 e. The molecule has 0 saturated heterocycles. The predicted octanol–water partition coefficient (Wildman–Crippen LogP) is 1.91. The first-order valence-electron chi connectivity index (χ1n) is 6.83. The number of carbonyl (C=O) groups excluding carboxylic acids is 1. The van der Waals surface area contributed by atoms with Gasteiger partial charge < -0.3 is 10.6 Å². The number of amides is 1. The van der Waals surface area contributed by atoms with Crippen molar-refractivity contribution < 1.29 is 9.72 Å². The number of nitrogens with one attached hydrogen (secondary N) is 2. The van der Waals surface area contributed by atoms with Gasteiger partial charge >= 0.3 is 0 Å². The second-order valence-electron chi connectivity index (χ2n) is 5.12. The lowest BCUT2D eigenvalue weighted by molar-refractivity contribution is -0.384. The zero-order valence-electron chi connectivity index (χ0n) is 11.5. The zero-order chi connectivity index (χ0) is 14.5. The minimum atomic E-state index is -0.413. The lowest BCUT2D eigenvalue weighted by Gasteiger charge is -2.14. The largest absolute Gasteiger partial charge is 0.353 e. The second-order valence-corrected chi connectivity index (χ2v) is 5.12. The summed E-state index contributed by atoms with van der Waals surface area (Å²) in [6.07, 6.45) is 2.64. The Hall–Kier alpha value is -1.95. The van der Waals surface area contributed by atoms with Gasteiger partial charge in [0.25, 0.3) is 5.69 Å². The Balaban J connectivity index is 1.74. The highest BCUT2D eigenvalue weighted by Crippen LogP contribution is 2.19. The predicted molar refractivity (Wildman–Crippen MR) is 75.3 cm³/mol. The standard InChI is InChI=1S/C14H19N3O3/c1-10(11-2-6-13(7-3-11)17(19)20)15-9-8-14(18)16-12-4-5-12/h2-3,6-7,10,12,15H,4-5,8-9H2,1H3,(H,16,18). The Labute approximate surface area is 117 Å². The van der Waals surface area contributed by atoms with Gasteiger partial charge in [-0.05, 0) is 25.3 Å². The highest BCUT2D eigenvalue weighted by atomic mass is 16.6. The molecule has 2 rings (SSSR count). The van der Waals surface area contributed by atoms with Crippen molar-refractivity contribution in [1.82, 2.24) is 10.6 Å². The quantitative estimate of drug-likeness (QED) is 0.589. The number of nitro groups is 1. The molecule has 108 valence electrons. The maximum Gasteiger partial charge on any atom is 0.269 e. The molecule has 1 aromatic carbocycles. The van der Waals surface area contributed by atoms with Crippen molar-refractivity contribution in [3.63, 3.8) is 0 Å². The molecule has 0 heterocycles. The summed E-state index contributed by atoms with van der Waals surface area (Å²) in [5, 5.41) is 16.7. The SMILES string of the molecule is CC(NCCC(=O)NC1CC1)c1ccc([N+](=O)[O-])cc1. The first-order valence-corrected chi connectivity index (χ1v) is 6.83. The monoisotopic (exact) mass is 277 g/mol. The van der Waals surface area contributed by atoms with Crippen molar-refractivity contribution in [3.05, 3.63) is 39.9 Å². The van der Waals surface area contributed by atoms with Crippen LogP contribution in [0.1, 0.15) is 37.8 Å². The molecule has 1 saturated carbocycles. The molecule has 0 aliphatic heterocycles. The number of benzene rings is 1. The fourth-order valence-electron chi connectivity index (χ4n) is 1.93. The Morgan fingerprint density at radius 1 is 1.40 bits per heavy atom. The fourth-order valence-corrected chi connectivity index (χ4v) is 1.93. The molecular formula is C14H19N3O3. The van der Waals surface area contributed by atoms with Crippen molar-refractivity contribution in [1.29, 1.82) is 0 Å². The van der Waals surface area contributed by atoms with Crippen LogP contribution in [0.3, 0.4) is 0 Å². The van der Waals surface area contributed by atoms with Crippen LogP contribution in [0, 0.1) is 10.1 Å².